The summed E-state index contributed by atoms with van der Waals surface area (Å²) in [4.78, 5) is 20.9. The highest BCUT2D eigenvalue weighted by Gasteiger charge is 2.22. The van der Waals surface area contributed by atoms with E-state index < -0.39 is 5.97 Å². The average Bonchev–Trinajstić information content (AvgIpc) is 3.46. The van der Waals surface area contributed by atoms with Crippen LogP contribution in [0.3, 0.4) is 0 Å². The molecule has 2 aromatic carbocycles. The lowest BCUT2D eigenvalue weighted by atomic mass is 9.98. The molecule has 35 heavy (non-hydrogen) atoms. The largest absolute Gasteiger partial charge is 0.497 e. The highest BCUT2D eigenvalue weighted by molar-refractivity contribution is 7.19. The molecule has 7 heteroatoms. The topological polar surface area (TPSA) is 84.4 Å². The summed E-state index contributed by atoms with van der Waals surface area (Å²) in [5.74, 6) is 1.26. The summed E-state index contributed by atoms with van der Waals surface area (Å²) in [6.07, 6.45) is 3.58. The van der Waals surface area contributed by atoms with Gasteiger partial charge in [-0.15, -0.1) is 11.3 Å². The Labute approximate surface area is 209 Å². The molecule has 0 aliphatic carbocycles. The lowest BCUT2D eigenvalue weighted by Crippen LogP contribution is -2.03. The molecule has 0 saturated carbocycles. The first kappa shape index (κ1) is 24.5. The Balaban J connectivity index is 1.84. The summed E-state index contributed by atoms with van der Waals surface area (Å²) >= 11 is 1.60. The summed E-state index contributed by atoms with van der Waals surface area (Å²) in [6.45, 7) is 4.35. The predicted octanol–water partition coefficient (Wildman–Crippen LogP) is 6.71. The minimum atomic E-state index is -0.835. The number of carboxylic acid groups (broad SMARTS) is 1. The van der Waals surface area contributed by atoms with Crippen molar-refractivity contribution in [1.82, 2.24) is 9.97 Å². The van der Waals surface area contributed by atoms with Gasteiger partial charge in [0.25, 0.3) is 0 Å². The molecule has 0 radical (unpaired) electrons. The van der Waals surface area contributed by atoms with E-state index in [0.29, 0.717) is 5.92 Å². The molecule has 0 unspecified atom stereocenters. The van der Waals surface area contributed by atoms with Crippen LogP contribution in [-0.4, -0.2) is 35.3 Å². The van der Waals surface area contributed by atoms with Gasteiger partial charge in [-0.1, -0.05) is 13.8 Å². The molecule has 0 atom stereocenters. The standard InChI is InChI=1S/C28H30N2O4S/c1-17(2)5-14-23-20(15-24(31)32)16-29-26(23)28-30-25(18-6-10-21(33-3)11-7-18)27(35-28)19-8-12-22(34-4)13-9-19/h6-13,16-17,29H,5,14-15H2,1-4H3,(H,31,32). The van der Waals surface area contributed by atoms with E-state index in [-0.39, 0.29) is 6.42 Å². The fourth-order valence-corrected chi connectivity index (χ4v) is 5.16. The van der Waals surface area contributed by atoms with Gasteiger partial charge in [-0.05, 0) is 84.0 Å². The van der Waals surface area contributed by atoms with E-state index in [2.05, 4.69) is 18.8 Å². The van der Waals surface area contributed by atoms with Crippen LogP contribution in [0.15, 0.2) is 54.7 Å². The zero-order chi connectivity index (χ0) is 24.9. The molecule has 182 valence electrons. The molecule has 0 spiro atoms. The minimum absolute atomic E-state index is 0.00796. The first-order valence-electron chi connectivity index (χ1n) is 11.6. The third-order valence-corrected chi connectivity index (χ3v) is 7.07. The molecule has 2 heterocycles. The molecule has 2 N–H and O–H groups in total. The molecule has 0 fully saturated rings. The maximum atomic E-state index is 11.5. The number of nitrogens with one attached hydrogen (secondary N) is 1. The van der Waals surface area contributed by atoms with Gasteiger partial charge in [0.15, 0.2) is 0 Å². The van der Waals surface area contributed by atoms with Crippen molar-refractivity contribution in [2.75, 3.05) is 14.2 Å². The van der Waals surface area contributed by atoms with Crippen molar-refractivity contribution in [1.29, 1.82) is 0 Å². The number of hydrogen-bond donors (Lipinski definition) is 2. The smallest absolute Gasteiger partial charge is 0.307 e. The highest BCUT2D eigenvalue weighted by Crippen LogP contribution is 2.42. The molecule has 0 aliphatic heterocycles. The fraction of sp³-hybridized carbons (Fsp3) is 0.286. The number of thiazole rings is 1. The second-order valence-electron chi connectivity index (χ2n) is 8.82. The van der Waals surface area contributed by atoms with Crippen LogP contribution >= 0.6 is 11.3 Å². The molecule has 6 nitrogen and oxygen atoms in total. The maximum Gasteiger partial charge on any atom is 0.307 e. The van der Waals surface area contributed by atoms with Gasteiger partial charge in [-0.25, -0.2) is 4.98 Å². The predicted molar refractivity (Wildman–Crippen MR) is 140 cm³/mol. The third kappa shape index (κ3) is 5.57. The lowest BCUT2D eigenvalue weighted by molar-refractivity contribution is -0.136. The molecule has 4 aromatic rings. The van der Waals surface area contributed by atoms with E-state index >= 15 is 0 Å². The number of nitrogens with zero attached hydrogens (tertiary/aromatic N) is 1. The van der Waals surface area contributed by atoms with Gasteiger partial charge in [0.05, 0.1) is 36.9 Å². The highest BCUT2D eigenvalue weighted by atomic mass is 32.1. The molecular formula is C28H30N2O4S. The normalized spacial score (nSPS) is 11.1. The van der Waals surface area contributed by atoms with Crippen LogP contribution in [0.1, 0.15) is 31.4 Å². The Morgan fingerprint density at radius 1 is 1.00 bits per heavy atom. The second-order valence-corrected chi connectivity index (χ2v) is 9.82. The van der Waals surface area contributed by atoms with Gasteiger partial charge in [0.1, 0.15) is 16.5 Å². The lowest BCUT2D eigenvalue weighted by Gasteiger charge is -2.07. The molecule has 2 aromatic heterocycles. The summed E-state index contributed by atoms with van der Waals surface area (Å²) in [7, 11) is 3.30. The average molecular weight is 491 g/mol. The number of H-pyrrole nitrogens is 1. The number of ether oxygens (including phenoxy) is 2. The Bertz CT molecular complexity index is 1220. The van der Waals surface area contributed by atoms with E-state index in [0.717, 1.165) is 67.9 Å². The Kier molecular flexibility index (Phi) is 7.56. The summed E-state index contributed by atoms with van der Waals surface area (Å²) in [5.41, 5.74) is 5.67. The van der Waals surface area contributed by atoms with Crippen molar-refractivity contribution in [3.8, 4) is 43.9 Å². The van der Waals surface area contributed by atoms with Crippen LogP contribution in [-0.2, 0) is 17.6 Å². The molecule has 0 aliphatic rings. The van der Waals surface area contributed by atoms with E-state index in [4.69, 9.17) is 14.5 Å². The number of aromatic amines is 1. The number of benzene rings is 2. The summed E-state index contributed by atoms with van der Waals surface area (Å²) < 4.78 is 10.7. The van der Waals surface area contributed by atoms with E-state index in [9.17, 15) is 9.90 Å². The van der Waals surface area contributed by atoms with Crippen molar-refractivity contribution in [2.45, 2.75) is 33.1 Å². The van der Waals surface area contributed by atoms with Gasteiger partial charge < -0.3 is 19.6 Å². The van der Waals surface area contributed by atoms with Crippen molar-refractivity contribution in [3.05, 3.63) is 65.9 Å². The third-order valence-electron chi connectivity index (χ3n) is 5.95. The van der Waals surface area contributed by atoms with E-state index in [1.807, 2.05) is 54.7 Å². The Morgan fingerprint density at radius 3 is 2.14 bits per heavy atom. The zero-order valence-corrected chi connectivity index (χ0v) is 21.2. The first-order valence-corrected chi connectivity index (χ1v) is 12.4. The molecule has 0 bridgehead atoms. The van der Waals surface area contributed by atoms with E-state index in [1.54, 1.807) is 25.6 Å². The van der Waals surface area contributed by atoms with Crippen LogP contribution in [0.4, 0.5) is 0 Å². The minimum Gasteiger partial charge on any atom is -0.497 e. The van der Waals surface area contributed by atoms with E-state index in [1.165, 1.54) is 0 Å². The Hall–Kier alpha value is -3.58. The SMILES string of the molecule is COc1ccc(-c2nc(-c3[nH]cc(CC(=O)O)c3CCC(C)C)sc2-c2ccc(OC)cc2)cc1. The molecule has 0 amide bonds. The zero-order valence-electron chi connectivity index (χ0n) is 20.4. The maximum absolute atomic E-state index is 11.5. The van der Waals surface area contributed by atoms with Crippen molar-refractivity contribution in [3.63, 3.8) is 0 Å². The number of methoxy groups -OCH3 is 2. The fourth-order valence-electron chi connectivity index (χ4n) is 4.03. The van der Waals surface area contributed by atoms with Crippen LogP contribution in [0, 0.1) is 5.92 Å². The van der Waals surface area contributed by atoms with Gasteiger partial charge in [-0.3, -0.25) is 4.79 Å². The van der Waals surface area contributed by atoms with Crippen molar-refractivity contribution < 1.29 is 19.4 Å². The van der Waals surface area contributed by atoms with Gasteiger partial charge in [0.2, 0.25) is 0 Å². The van der Waals surface area contributed by atoms with Crippen molar-refractivity contribution in [2.24, 2.45) is 5.92 Å². The number of aliphatic carboxylic acids is 1. The number of rotatable bonds is 10. The van der Waals surface area contributed by atoms with Gasteiger partial charge in [-0.2, -0.15) is 0 Å². The molecule has 4 rings (SSSR count). The monoisotopic (exact) mass is 490 g/mol. The van der Waals surface area contributed by atoms with Crippen LogP contribution in [0.25, 0.3) is 32.4 Å². The summed E-state index contributed by atoms with van der Waals surface area (Å²) in [5, 5.41) is 10.3. The summed E-state index contributed by atoms with van der Waals surface area (Å²) in [6, 6.07) is 15.8. The van der Waals surface area contributed by atoms with Gasteiger partial charge in [0, 0.05) is 11.8 Å². The first-order chi connectivity index (χ1) is 16.9. The van der Waals surface area contributed by atoms with Gasteiger partial charge >= 0.3 is 5.97 Å². The number of hydrogen-bond acceptors (Lipinski definition) is 5. The second kappa shape index (κ2) is 10.8. The van der Waals surface area contributed by atoms with Crippen LogP contribution in [0.2, 0.25) is 0 Å². The molecule has 0 saturated heterocycles. The van der Waals surface area contributed by atoms with Crippen LogP contribution in [0.5, 0.6) is 11.5 Å². The molecular weight excluding hydrogens is 460 g/mol. The number of carbonyl (C=O) groups is 1. The van der Waals surface area contributed by atoms with Crippen LogP contribution < -0.4 is 9.47 Å². The number of carboxylic acids is 1. The quantitative estimate of drug-likeness (QED) is 0.258. The van der Waals surface area contributed by atoms with Crippen molar-refractivity contribution >= 4 is 17.3 Å². The number of aromatic nitrogens is 2. The Morgan fingerprint density at radius 2 is 1.60 bits per heavy atom.